The van der Waals surface area contributed by atoms with Crippen molar-refractivity contribution in [3.63, 3.8) is 0 Å². The lowest BCUT2D eigenvalue weighted by Crippen LogP contribution is -2.52. The van der Waals surface area contributed by atoms with E-state index in [-0.39, 0.29) is 10.5 Å². The molecule has 1 aromatic carbocycles. The van der Waals surface area contributed by atoms with Crippen LogP contribution in [0.25, 0.3) is 0 Å². The Bertz CT molecular complexity index is 704. The SMILES string of the molecule is CN(C)S(=O)(=O)c1ccc(C(=O)NC2(C(=O)O)CCCC2)cc1. The Kier molecular flexibility index (Phi) is 4.76. The van der Waals surface area contributed by atoms with Gasteiger partial charge >= 0.3 is 5.97 Å². The molecule has 0 aliphatic heterocycles. The Balaban J connectivity index is 2.20. The van der Waals surface area contributed by atoms with Crippen LogP contribution in [-0.4, -0.2) is 49.3 Å². The summed E-state index contributed by atoms with van der Waals surface area (Å²) in [7, 11) is -0.713. The lowest BCUT2D eigenvalue weighted by atomic mass is 9.97. The van der Waals surface area contributed by atoms with Crippen molar-refractivity contribution in [2.75, 3.05) is 14.1 Å². The van der Waals surface area contributed by atoms with Crippen molar-refractivity contribution in [1.82, 2.24) is 9.62 Å². The van der Waals surface area contributed by atoms with Crippen molar-refractivity contribution in [1.29, 1.82) is 0 Å². The molecule has 0 radical (unpaired) electrons. The second-order valence-electron chi connectivity index (χ2n) is 5.86. The number of sulfonamides is 1. The van der Waals surface area contributed by atoms with E-state index in [4.69, 9.17) is 0 Å². The molecule has 0 unspecified atom stereocenters. The molecule has 2 rings (SSSR count). The Morgan fingerprint density at radius 2 is 1.65 bits per heavy atom. The van der Waals surface area contributed by atoms with E-state index in [0.717, 1.165) is 17.1 Å². The molecule has 1 aromatic rings. The third-order valence-electron chi connectivity index (χ3n) is 4.11. The number of nitrogens with one attached hydrogen (secondary N) is 1. The number of hydrogen-bond acceptors (Lipinski definition) is 4. The first-order valence-electron chi connectivity index (χ1n) is 7.27. The minimum absolute atomic E-state index is 0.0767. The first kappa shape index (κ1) is 17.4. The summed E-state index contributed by atoms with van der Waals surface area (Å²) in [5.41, 5.74) is -0.985. The van der Waals surface area contributed by atoms with Gasteiger partial charge < -0.3 is 10.4 Å². The van der Waals surface area contributed by atoms with E-state index in [2.05, 4.69) is 5.32 Å². The molecule has 1 amide bonds. The van der Waals surface area contributed by atoms with Crippen molar-refractivity contribution in [2.45, 2.75) is 36.1 Å². The molecule has 1 fully saturated rings. The highest BCUT2D eigenvalue weighted by Crippen LogP contribution is 2.30. The van der Waals surface area contributed by atoms with Gasteiger partial charge in [0.15, 0.2) is 0 Å². The maximum absolute atomic E-state index is 12.3. The molecule has 7 nitrogen and oxygen atoms in total. The zero-order valence-electron chi connectivity index (χ0n) is 13.1. The topological polar surface area (TPSA) is 104 Å². The van der Waals surface area contributed by atoms with Gasteiger partial charge in [-0.15, -0.1) is 0 Å². The van der Waals surface area contributed by atoms with Gasteiger partial charge in [-0.3, -0.25) is 4.79 Å². The minimum atomic E-state index is -3.56. The Morgan fingerprint density at radius 3 is 2.09 bits per heavy atom. The molecule has 1 aliphatic carbocycles. The van der Waals surface area contributed by atoms with Crippen LogP contribution in [0.4, 0.5) is 0 Å². The zero-order valence-corrected chi connectivity index (χ0v) is 13.9. The van der Waals surface area contributed by atoms with Gasteiger partial charge in [-0.1, -0.05) is 12.8 Å². The van der Waals surface area contributed by atoms with Gasteiger partial charge in [0.1, 0.15) is 5.54 Å². The van der Waals surface area contributed by atoms with E-state index in [9.17, 15) is 23.1 Å². The minimum Gasteiger partial charge on any atom is -0.480 e. The highest BCUT2D eigenvalue weighted by Gasteiger charge is 2.42. The lowest BCUT2D eigenvalue weighted by Gasteiger charge is -2.25. The van der Waals surface area contributed by atoms with Crippen LogP contribution in [-0.2, 0) is 14.8 Å². The molecule has 0 bridgehead atoms. The molecule has 0 saturated heterocycles. The van der Waals surface area contributed by atoms with Gasteiger partial charge in [0.25, 0.3) is 5.91 Å². The fourth-order valence-electron chi connectivity index (χ4n) is 2.65. The summed E-state index contributed by atoms with van der Waals surface area (Å²) < 4.78 is 25.0. The van der Waals surface area contributed by atoms with E-state index in [1.165, 1.54) is 38.4 Å². The predicted molar refractivity (Wildman–Crippen MR) is 83.6 cm³/mol. The summed E-state index contributed by atoms with van der Waals surface area (Å²) in [4.78, 5) is 23.8. The van der Waals surface area contributed by atoms with E-state index in [1.54, 1.807) is 0 Å². The van der Waals surface area contributed by atoms with Crippen LogP contribution < -0.4 is 5.32 Å². The predicted octanol–water partition coefficient (Wildman–Crippen LogP) is 1.06. The fourth-order valence-corrected chi connectivity index (χ4v) is 3.55. The smallest absolute Gasteiger partial charge is 0.329 e. The van der Waals surface area contributed by atoms with E-state index < -0.39 is 27.4 Å². The normalized spacial score (nSPS) is 17.2. The molecule has 2 N–H and O–H groups in total. The van der Waals surface area contributed by atoms with E-state index in [0.29, 0.717) is 12.8 Å². The quantitative estimate of drug-likeness (QED) is 0.834. The van der Waals surface area contributed by atoms with E-state index >= 15 is 0 Å². The number of nitrogens with zero attached hydrogens (tertiary/aromatic N) is 1. The summed E-state index contributed by atoms with van der Waals surface area (Å²) in [5, 5.41) is 12.0. The van der Waals surface area contributed by atoms with Crippen molar-refractivity contribution in [3.8, 4) is 0 Å². The van der Waals surface area contributed by atoms with Crippen molar-refractivity contribution in [3.05, 3.63) is 29.8 Å². The van der Waals surface area contributed by atoms with Crippen LogP contribution in [0.5, 0.6) is 0 Å². The highest BCUT2D eigenvalue weighted by molar-refractivity contribution is 7.89. The van der Waals surface area contributed by atoms with Gasteiger partial charge in [0.05, 0.1) is 4.90 Å². The maximum atomic E-state index is 12.3. The molecular formula is C15H20N2O5S. The number of benzene rings is 1. The number of carbonyl (C=O) groups is 2. The second-order valence-corrected chi connectivity index (χ2v) is 8.01. The number of carboxylic acids is 1. The molecule has 1 saturated carbocycles. The molecule has 0 spiro atoms. The molecule has 0 atom stereocenters. The first-order chi connectivity index (χ1) is 10.7. The molecule has 8 heteroatoms. The van der Waals surface area contributed by atoms with Crippen LogP contribution in [0.1, 0.15) is 36.0 Å². The average molecular weight is 340 g/mol. The van der Waals surface area contributed by atoms with Crippen LogP contribution in [0.15, 0.2) is 29.2 Å². The lowest BCUT2D eigenvalue weighted by molar-refractivity contribution is -0.144. The molecule has 1 aliphatic rings. The third-order valence-corrected chi connectivity index (χ3v) is 5.94. The van der Waals surface area contributed by atoms with Crippen molar-refractivity contribution in [2.24, 2.45) is 0 Å². The number of aliphatic carboxylic acids is 1. The number of amides is 1. The number of rotatable bonds is 5. The second kappa shape index (κ2) is 6.29. The van der Waals surface area contributed by atoms with Gasteiger partial charge in [0.2, 0.25) is 10.0 Å². The Morgan fingerprint density at radius 1 is 1.13 bits per heavy atom. The summed E-state index contributed by atoms with van der Waals surface area (Å²) in [6, 6.07) is 5.45. The van der Waals surface area contributed by atoms with Gasteiger partial charge in [-0.25, -0.2) is 17.5 Å². The van der Waals surface area contributed by atoms with Gasteiger partial charge in [0, 0.05) is 19.7 Å². The number of carbonyl (C=O) groups excluding carboxylic acids is 1. The molecule has 0 heterocycles. The molecule has 0 aromatic heterocycles. The molecule has 126 valence electrons. The summed E-state index contributed by atoms with van der Waals surface area (Å²) in [6.45, 7) is 0. The van der Waals surface area contributed by atoms with E-state index in [1.807, 2.05) is 0 Å². The number of carboxylic acid groups (broad SMARTS) is 1. The van der Waals surface area contributed by atoms with Crippen LogP contribution in [0.2, 0.25) is 0 Å². The maximum Gasteiger partial charge on any atom is 0.329 e. The van der Waals surface area contributed by atoms with Crippen LogP contribution in [0.3, 0.4) is 0 Å². The van der Waals surface area contributed by atoms with Crippen molar-refractivity contribution >= 4 is 21.9 Å². The van der Waals surface area contributed by atoms with Gasteiger partial charge in [-0.2, -0.15) is 0 Å². The largest absolute Gasteiger partial charge is 0.480 e. The summed E-state index contributed by atoms with van der Waals surface area (Å²) in [5.74, 6) is -1.54. The summed E-state index contributed by atoms with van der Waals surface area (Å²) in [6.07, 6.45) is 2.32. The fraction of sp³-hybridized carbons (Fsp3) is 0.467. The average Bonchev–Trinajstić information content (AvgIpc) is 2.97. The van der Waals surface area contributed by atoms with Crippen molar-refractivity contribution < 1.29 is 23.1 Å². The van der Waals surface area contributed by atoms with Crippen LogP contribution in [0, 0.1) is 0 Å². The highest BCUT2D eigenvalue weighted by atomic mass is 32.2. The number of hydrogen-bond donors (Lipinski definition) is 2. The molecule has 23 heavy (non-hydrogen) atoms. The summed E-state index contributed by atoms with van der Waals surface area (Å²) >= 11 is 0. The molecular weight excluding hydrogens is 320 g/mol. The standard InChI is InChI=1S/C15H20N2O5S/c1-17(2)23(21,22)12-7-5-11(6-8-12)13(18)16-15(14(19)20)9-3-4-10-15/h5-8H,3-4,9-10H2,1-2H3,(H,16,18)(H,19,20). The Hall–Kier alpha value is -1.93. The first-order valence-corrected chi connectivity index (χ1v) is 8.71. The Labute approximate surface area is 135 Å². The third kappa shape index (κ3) is 3.37. The van der Waals surface area contributed by atoms with Gasteiger partial charge in [-0.05, 0) is 37.1 Å². The van der Waals surface area contributed by atoms with Crippen LogP contribution >= 0.6 is 0 Å². The monoisotopic (exact) mass is 340 g/mol. The zero-order chi connectivity index (χ0) is 17.3.